The van der Waals surface area contributed by atoms with Crippen LogP contribution in [0.5, 0.6) is 5.75 Å². The number of likely N-dealkylation sites (tertiary alicyclic amines) is 1. The standard InChI is InChI=1S/C33H37N5O5/c1-32(2,42)19-37-17-23(15-34-37)22-5-3-4-21(14-22)16-36-12-10-33(11-13-36)20-43-29-25-18-38(27-8-9-28(39)35-30(27)40)31(41)24(25)6-7-26(29)33/h3-7,14-15,17,27,42H,8-13,16,18-20H2,1-2H3,(H,35,39,40)/t27-/m0/s1. The number of rotatable bonds is 6. The zero-order chi connectivity index (χ0) is 29.9. The number of amides is 3. The van der Waals surface area contributed by atoms with Crippen molar-refractivity contribution < 1.29 is 24.2 Å². The van der Waals surface area contributed by atoms with Crippen molar-refractivity contribution in [3.63, 3.8) is 0 Å². The molecule has 2 N–H and O–H groups in total. The fourth-order valence-corrected chi connectivity index (χ4v) is 7.14. The zero-order valence-corrected chi connectivity index (χ0v) is 24.6. The first-order valence-corrected chi connectivity index (χ1v) is 15.1. The summed E-state index contributed by atoms with van der Waals surface area (Å²) in [6.45, 7) is 7.66. The summed E-state index contributed by atoms with van der Waals surface area (Å²) in [4.78, 5) is 41.5. The molecule has 10 nitrogen and oxygen atoms in total. The maximum absolute atomic E-state index is 13.3. The van der Waals surface area contributed by atoms with Gasteiger partial charge in [0.15, 0.2) is 0 Å². The second-order valence-corrected chi connectivity index (χ2v) is 13.2. The number of imide groups is 1. The van der Waals surface area contributed by atoms with Crippen LogP contribution in [0, 0.1) is 0 Å². The maximum Gasteiger partial charge on any atom is 0.255 e. The summed E-state index contributed by atoms with van der Waals surface area (Å²) in [5.41, 5.74) is 5.13. The van der Waals surface area contributed by atoms with E-state index in [9.17, 15) is 19.5 Å². The van der Waals surface area contributed by atoms with Gasteiger partial charge in [0, 0.05) is 46.8 Å². The van der Waals surface area contributed by atoms with Gasteiger partial charge in [-0.25, -0.2) is 0 Å². The van der Waals surface area contributed by atoms with Crippen molar-refractivity contribution in [1.29, 1.82) is 0 Å². The molecular formula is C33H37N5O5. The lowest BCUT2D eigenvalue weighted by Gasteiger charge is -2.38. The van der Waals surface area contributed by atoms with E-state index in [-0.39, 0.29) is 23.7 Å². The van der Waals surface area contributed by atoms with E-state index < -0.39 is 17.6 Å². The maximum atomic E-state index is 13.3. The van der Waals surface area contributed by atoms with Crippen LogP contribution in [0.1, 0.15) is 66.6 Å². The highest BCUT2D eigenvalue weighted by molar-refractivity contribution is 6.05. The lowest BCUT2D eigenvalue weighted by atomic mass is 9.74. The molecule has 5 heterocycles. The van der Waals surface area contributed by atoms with E-state index in [1.54, 1.807) is 23.4 Å². The molecule has 0 aliphatic carbocycles. The van der Waals surface area contributed by atoms with E-state index in [2.05, 4.69) is 45.6 Å². The molecule has 0 radical (unpaired) electrons. The number of carbonyl (C=O) groups excluding carboxylic acids is 3. The van der Waals surface area contributed by atoms with Crippen molar-refractivity contribution in [3.8, 4) is 16.9 Å². The van der Waals surface area contributed by atoms with E-state index >= 15 is 0 Å². The Morgan fingerprint density at radius 1 is 1.12 bits per heavy atom. The van der Waals surface area contributed by atoms with Crippen LogP contribution in [0.3, 0.4) is 0 Å². The molecule has 2 fully saturated rings. The molecule has 7 rings (SSSR count). The van der Waals surface area contributed by atoms with Gasteiger partial charge in [0.05, 0.1) is 31.5 Å². The second kappa shape index (κ2) is 10.3. The number of carbonyl (C=O) groups is 3. The summed E-state index contributed by atoms with van der Waals surface area (Å²) in [6, 6.07) is 11.9. The Morgan fingerprint density at radius 2 is 1.93 bits per heavy atom. The third-order valence-corrected chi connectivity index (χ3v) is 9.39. The Balaban J connectivity index is 1.02. The van der Waals surface area contributed by atoms with Gasteiger partial charge in [-0.2, -0.15) is 5.10 Å². The topological polar surface area (TPSA) is 117 Å². The third-order valence-electron chi connectivity index (χ3n) is 9.39. The Kier molecular flexibility index (Phi) is 6.66. The number of piperidine rings is 2. The van der Waals surface area contributed by atoms with Crippen LogP contribution < -0.4 is 10.1 Å². The van der Waals surface area contributed by atoms with Crippen LogP contribution in [0.4, 0.5) is 0 Å². The number of hydrogen-bond donors (Lipinski definition) is 2. The van der Waals surface area contributed by atoms with Crippen LogP contribution >= 0.6 is 0 Å². The normalized spacial score (nSPS) is 21.6. The molecule has 1 aromatic heterocycles. The zero-order valence-electron chi connectivity index (χ0n) is 24.6. The van der Waals surface area contributed by atoms with Crippen molar-refractivity contribution in [2.24, 2.45) is 0 Å². The number of benzene rings is 2. The molecule has 3 amide bonds. The largest absolute Gasteiger partial charge is 0.492 e. The molecule has 10 heteroatoms. The molecule has 0 saturated carbocycles. The lowest BCUT2D eigenvalue weighted by molar-refractivity contribution is -0.136. The van der Waals surface area contributed by atoms with E-state index in [0.717, 1.165) is 54.9 Å². The summed E-state index contributed by atoms with van der Waals surface area (Å²) < 4.78 is 8.12. The first-order chi connectivity index (χ1) is 20.6. The van der Waals surface area contributed by atoms with Crippen molar-refractivity contribution in [2.45, 2.75) is 76.2 Å². The summed E-state index contributed by atoms with van der Waals surface area (Å²) in [5, 5.41) is 16.9. The quantitative estimate of drug-likeness (QED) is 0.429. The van der Waals surface area contributed by atoms with Gasteiger partial charge in [-0.1, -0.05) is 24.3 Å². The van der Waals surface area contributed by atoms with Crippen molar-refractivity contribution in [1.82, 2.24) is 24.9 Å². The fourth-order valence-electron chi connectivity index (χ4n) is 7.14. The average molecular weight is 584 g/mol. The van der Waals surface area contributed by atoms with Crippen LogP contribution in [0.2, 0.25) is 0 Å². The Morgan fingerprint density at radius 3 is 2.70 bits per heavy atom. The second-order valence-electron chi connectivity index (χ2n) is 13.2. The fraction of sp³-hybridized carbons (Fsp3) is 0.455. The summed E-state index contributed by atoms with van der Waals surface area (Å²) in [7, 11) is 0. The van der Waals surface area contributed by atoms with Gasteiger partial charge in [0.25, 0.3) is 5.91 Å². The molecule has 1 spiro atoms. The Bertz CT molecular complexity index is 1610. The molecule has 0 unspecified atom stereocenters. The smallest absolute Gasteiger partial charge is 0.255 e. The van der Waals surface area contributed by atoms with E-state index in [4.69, 9.17) is 4.74 Å². The lowest BCUT2D eigenvalue weighted by Crippen LogP contribution is -2.52. The van der Waals surface area contributed by atoms with Crippen molar-refractivity contribution >= 4 is 17.7 Å². The first kappa shape index (κ1) is 27.8. The molecule has 43 heavy (non-hydrogen) atoms. The molecule has 224 valence electrons. The Labute approximate surface area is 250 Å². The summed E-state index contributed by atoms with van der Waals surface area (Å²) in [5.74, 6) is -0.0402. The van der Waals surface area contributed by atoms with Gasteiger partial charge in [0.2, 0.25) is 11.8 Å². The monoisotopic (exact) mass is 583 g/mol. The molecule has 1 atom stereocenters. The molecule has 3 aromatic rings. The number of ether oxygens (including phenoxy) is 1. The van der Waals surface area contributed by atoms with E-state index in [0.29, 0.717) is 31.7 Å². The molecule has 2 aromatic carbocycles. The minimum absolute atomic E-state index is 0.0805. The minimum atomic E-state index is -0.824. The molecule has 0 bridgehead atoms. The SMILES string of the molecule is CC(C)(O)Cn1cc(-c2cccc(CN3CCC4(CC3)COc3c4ccc4c3CN([C@H]3CCC(=O)NC3=O)C4=O)c2)cn1. The van der Waals surface area contributed by atoms with Gasteiger partial charge < -0.3 is 14.7 Å². The molecular weight excluding hydrogens is 546 g/mol. The number of hydrogen-bond acceptors (Lipinski definition) is 7. The van der Waals surface area contributed by atoms with Crippen LogP contribution in [0.15, 0.2) is 48.8 Å². The van der Waals surface area contributed by atoms with Crippen LogP contribution in [-0.2, 0) is 34.6 Å². The van der Waals surface area contributed by atoms with Gasteiger partial charge >= 0.3 is 0 Å². The minimum Gasteiger partial charge on any atom is -0.492 e. The van der Waals surface area contributed by atoms with Gasteiger partial charge in [-0.05, 0) is 69.5 Å². The van der Waals surface area contributed by atoms with Gasteiger partial charge in [0.1, 0.15) is 11.8 Å². The predicted molar refractivity (Wildman–Crippen MR) is 158 cm³/mol. The number of nitrogens with zero attached hydrogens (tertiary/aromatic N) is 4. The molecule has 4 aliphatic rings. The van der Waals surface area contributed by atoms with E-state index in [1.807, 2.05) is 18.5 Å². The number of aromatic nitrogens is 2. The van der Waals surface area contributed by atoms with Crippen LogP contribution in [0.25, 0.3) is 11.1 Å². The molecule has 4 aliphatic heterocycles. The van der Waals surface area contributed by atoms with Crippen molar-refractivity contribution in [3.05, 3.63) is 71.0 Å². The summed E-state index contributed by atoms with van der Waals surface area (Å²) in [6.07, 6.45) is 6.35. The highest BCUT2D eigenvalue weighted by Gasteiger charge is 2.47. The highest BCUT2D eigenvalue weighted by Crippen LogP contribution is 2.49. The van der Waals surface area contributed by atoms with Crippen molar-refractivity contribution in [2.75, 3.05) is 19.7 Å². The number of aliphatic hydroxyl groups is 1. The third kappa shape index (κ3) is 5.12. The first-order valence-electron chi connectivity index (χ1n) is 15.1. The highest BCUT2D eigenvalue weighted by atomic mass is 16.5. The Hall–Kier alpha value is -4.02. The number of fused-ring (bicyclic) bond motifs is 4. The number of nitrogens with one attached hydrogen (secondary N) is 1. The summed E-state index contributed by atoms with van der Waals surface area (Å²) >= 11 is 0. The predicted octanol–water partition coefficient (Wildman–Crippen LogP) is 3.01. The van der Waals surface area contributed by atoms with E-state index in [1.165, 1.54) is 11.1 Å². The molecule has 2 saturated heterocycles. The average Bonchev–Trinajstić information content (AvgIpc) is 3.66. The van der Waals surface area contributed by atoms with Crippen LogP contribution in [-0.4, -0.2) is 73.7 Å². The van der Waals surface area contributed by atoms with Gasteiger partial charge in [-0.3, -0.25) is 29.3 Å². The van der Waals surface area contributed by atoms with Gasteiger partial charge in [-0.15, -0.1) is 0 Å².